The minimum atomic E-state index is -4.43. The highest BCUT2D eigenvalue weighted by Crippen LogP contribution is 2.36. The predicted octanol–water partition coefficient (Wildman–Crippen LogP) is 5.06. The van der Waals surface area contributed by atoms with Crippen molar-refractivity contribution in [1.29, 1.82) is 0 Å². The number of nitrogens with zero attached hydrogens (tertiary/aromatic N) is 1. The first kappa shape index (κ1) is 22.0. The van der Waals surface area contributed by atoms with Gasteiger partial charge in [-0.2, -0.15) is 13.2 Å². The van der Waals surface area contributed by atoms with Crippen LogP contribution < -0.4 is 10.2 Å². The first-order valence-corrected chi connectivity index (χ1v) is 10.8. The maximum absolute atomic E-state index is 12.9. The van der Waals surface area contributed by atoms with E-state index in [1.54, 1.807) is 0 Å². The van der Waals surface area contributed by atoms with Crippen LogP contribution in [0.4, 0.5) is 24.5 Å². The third kappa shape index (κ3) is 4.83. The quantitative estimate of drug-likeness (QED) is 0.684. The van der Waals surface area contributed by atoms with Crippen LogP contribution in [0.3, 0.4) is 0 Å². The first-order valence-electron chi connectivity index (χ1n) is 10.4. The van der Waals surface area contributed by atoms with E-state index in [2.05, 4.69) is 5.32 Å². The second kappa shape index (κ2) is 8.71. The SMILES string of the molecule is O=C(Nc1cccc2c1CC(O)CC2)C1CCN(c2ccc(C(F)(F)F)cc2Cl)CC1. The molecule has 0 spiro atoms. The van der Waals surface area contributed by atoms with Crippen molar-refractivity contribution in [3.05, 3.63) is 58.1 Å². The van der Waals surface area contributed by atoms with Crippen molar-refractivity contribution in [2.45, 2.75) is 44.4 Å². The molecule has 4 rings (SSSR count). The molecule has 0 bridgehead atoms. The summed E-state index contributed by atoms with van der Waals surface area (Å²) in [4.78, 5) is 14.8. The van der Waals surface area contributed by atoms with Crippen LogP contribution in [0.2, 0.25) is 5.02 Å². The fourth-order valence-electron chi connectivity index (χ4n) is 4.44. The number of aryl methyl sites for hydroxylation is 1. The lowest BCUT2D eigenvalue weighted by Gasteiger charge is -2.34. The molecule has 1 saturated heterocycles. The van der Waals surface area contributed by atoms with Crippen molar-refractivity contribution >= 4 is 28.9 Å². The molecule has 1 aliphatic carbocycles. The van der Waals surface area contributed by atoms with Crippen LogP contribution in [-0.2, 0) is 23.8 Å². The van der Waals surface area contributed by atoms with Gasteiger partial charge in [-0.1, -0.05) is 23.7 Å². The maximum atomic E-state index is 12.9. The standard InChI is InChI=1S/C23H24ClF3N2O2/c24-19-12-16(23(25,26)27)5-7-21(19)29-10-8-15(9-11-29)22(31)28-20-3-1-2-14-4-6-17(30)13-18(14)20/h1-3,5,7,12,15,17,30H,4,6,8-11,13H2,(H,28,31). The molecule has 2 aromatic carbocycles. The lowest BCUT2D eigenvalue weighted by molar-refractivity contribution is -0.137. The molecule has 0 radical (unpaired) electrons. The van der Waals surface area contributed by atoms with Gasteiger partial charge < -0.3 is 15.3 Å². The van der Waals surface area contributed by atoms with Gasteiger partial charge in [-0.05, 0) is 61.1 Å². The molecule has 31 heavy (non-hydrogen) atoms. The van der Waals surface area contributed by atoms with Crippen molar-refractivity contribution in [3.8, 4) is 0 Å². The highest BCUT2D eigenvalue weighted by molar-refractivity contribution is 6.33. The van der Waals surface area contributed by atoms with Gasteiger partial charge in [0.2, 0.25) is 5.91 Å². The van der Waals surface area contributed by atoms with Gasteiger partial charge in [-0.15, -0.1) is 0 Å². The Morgan fingerprint density at radius 1 is 1.13 bits per heavy atom. The average molecular weight is 453 g/mol. The number of nitrogens with one attached hydrogen (secondary N) is 1. The molecule has 2 aromatic rings. The summed E-state index contributed by atoms with van der Waals surface area (Å²) in [6.45, 7) is 1.07. The van der Waals surface area contributed by atoms with E-state index in [-0.39, 0.29) is 23.0 Å². The summed E-state index contributed by atoms with van der Waals surface area (Å²) in [5.41, 5.74) is 2.71. The van der Waals surface area contributed by atoms with E-state index >= 15 is 0 Å². The molecular formula is C23H24ClF3N2O2. The molecule has 1 unspecified atom stereocenters. The van der Waals surface area contributed by atoms with E-state index in [0.717, 1.165) is 41.8 Å². The Morgan fingerprint density at radius 2 is 1.87 bits per heavy atom. The molecular weight excluding hydrogens is 429 g/mol. The Morgan fingerprint density at radius 3 is 2.55 bits per heavy atom. The average Bonchev–Trinajstić information content (AvgIpc) is 2.73. The summed E-state index contributed by atoms with van der Waals surface area (Å²) in [5, 5.41) is 13.1. The van der Waals surface area contributed by atoms with Crippen LogP contribution in [0, 0.1) is 5.92 Å². The molecule has 2 N–H and O–H groups in total. The van der Waals surface area contributed by atoms with Crippen LogP contribution in [0.1, 0.15) is 36.0 Å². The summed E-state index contributed by atoms with van der Waals surface area (Å²) >= 11 is 6.11. The number of hydrogen-bond acceptors (Lipinski definition) is 3. The van der Waals surface area contributed by atoms with Crippen molar-refractivity contribution in [3.63, 3.8) is 0 Å². The molecule has 8 heteroatoms. The van der Waals surface area contributed by atoms with Gasteiger partial charge in [-0.3, -0.25) is 4.79 Å². The monoisotopic (exact) mass is 452 g/mol. The van der Waals surface area contributed by atoms with Crippen molar-refractivity contribution in [2.75, 3.05) is 23.3 Å². The number of carbonyl (C=O) groups is 1. The summed E-state index contributed by atoms with van der Waals surface area (Å²) in [6, 6.07) is 9.19. The second-order valence-electron chi connectivity index (χ2n) is 8.25. The summed E-state index contributed by atoms with van der Waals surface area (Å²) < 4.78 is 38.6. The third-order valence-electron chi connectivity index (χ3n) is 6.20. The molecule has 1 atom stereocenters. The van der Waals surface area contributed by atoms with Gasteiger partial charge in [0.05, 0.1) is 22.4 Å². The Bertz CT molecular complexity index is 972. The van der Waals surface area contributed by atoms with Gasteiger partial charge >= 0.3 is 6.18 Å². The van der Waals surface area contributed by atoms with E-state index in [1.165, 1.54) is 6.07 Å². The number of amides is 1. The van der Waals surface area contributed by atoms with Crippen LogP contribution in [0.25, 0.3) is 0 Å². The number of benzene rings is 2. The van der Waals surface area contributed by atoms with Gasteiger partial charge in [0, 0.05) is 31.1 Å². The predicted molar refractivity (Wildman–Crippen MR) is 114 cm³/mol. The van der Waals surface area contributed by atoms with Gasteiger partial charge in [-0.25, -0.2) is 0 Å². The van der Waals surface area contributed by atoms with Crippen molar-refractivity contribution in [2.24, 2.45) is 5.92 Å². The molecule has 4 nitrogen and oxygen atoms in total. The number of fused-ring (bicyclic) bond motifs is 1. The minimum absolute atomic E-state index is 0.0622. The molecule has 1 heterocycles. The maximum Gasteiger partial charge on any atom is 0.416 e. The fourth-order valence-corrected chi connectivity index (χ4v) is 4.74. The van der Waals surface area contributed by atoms with Crippen molar-refractivity contribution in [1.82, 2.24) is 0 Å². The van der Waals surface area contributed by atoms with Gasteiger partial charge in [0.25, 0.3) is 0 Å². The highest BCUT2D eigenvalue weighted by Gasteiger charge is 2.32. The van der Waals surface area contributed by atoms with E-state index in [1.807, 2.05) is 23.1 Å². The highest BCUT2D eigenvalue weighted by atomic mass is 35.5. The van der Waals surface area contributed by atoms with E-state index in [0.29, 0.717) is 38.0 Å². The number of alkyl halides is 3. The number of carbonyl (C=O) groups excluding carboxylic acids is 1. The third-order valence-corrected chi connectivity index (χ3v) is 6.50. The zero-order chi connectivity index (χ0) is 22.2. The number of aliphatic hydroxyl groups is 1. The molecule has 1 amide bonds. The zero-order valence-electron chi connectivity index (χ0n) is 16.9. The van der Waals surface area contributed by atoms with Crippen molar-refractivity contribution < 1.29 is 23.1 Å². The number of piperidine rings is 1. The number of halogens is 4. The smallest absolute Gasteiger partial charge is 0.393 e. The van der Waals surface area contributed by atoms with Crippen LogP contribution >= 0.6 is 11.6 Å². The first-order chi connectivity index (χ1) is 14.7. The Hall–Kier alpha value is -2.25. The van der Waals surface area contributed by atoms with E-state index < -0.39 is 11.7 Å². The summed E-state index contributed by atoms with van der Waals surface area (Å²) in [5.74, 6) is -0.250. The number of hydrogen-bond donors (Lipinski definition) is 2. The van der Waals surface area contributed by atoms with Crippen LogP contribution in [0.15, 0.2) is 36.4 Å². The van der Waals surface area contributed by atoms with Crippen LogP contribution in [-0.4, -0.2) is 30.2 Å². The Balaban J connectivity index is 1.39. The molecule has 166 valence electrons. The molecule has 1 aliphatic heterocycles. The number of anilines is 2. The molecule has 1 fully saturated rings. The minimum Gasteiger partial charge on any atom is -0.393 e. The van der Waals surface area contributed by atoms with Gasteiger partial charge in [0.15, 0.2) is 0 Å². The Labute approximate surface area is 184 Å². The van der Waals surface area contributed by atoms with E-state index in [4.69, 9.17) is 11.6 Å². The molecule has 2 aliphatic rings. The topological polar surface area (TPSA) is 52.6 Å². The lowest BCUT2D eigenvalue weighted by atomic mass is 9.88. The normalized spacial score (nSPS) is 19.8. The molecule has 0 saturated carbocycles. The Kier molecular flexibility index (Phi) is 6.17. The zero-order valence-corrected chi connectivity index (χ0v) is 17.6. The number of rotatable bonds is 3. The summed E-state index contributed by atoms with van der Waals surface area (Å²) in [7, 11) is 0. The fraction of sp³-hybridized carbons (Fsp3) is 0.435. The second-order valence-corrected chi connectivity index (χ2v) is 8.66. The number of aliphatic hydroxyl groups excluding tert-OH is 1. The lowest BCUT2D eigenvalue weighted by Crippen LogP contribution is -2.38. The summed E-state index contributed by atoms with van der Waals surface area (Å²) in [6.07, 6.45) is -1.58. The van der Waals surface area contributed by atoms with Crippen LogP contribution in [0.5, 0.6) is 0 Å². The van der Waals surface area contributed by atoms with Gasteiger partial charge in [0.1, 0.15) is 0 Å². The molecule has 0 aromatic heterocycles. The van der Waals surface area contributed by atoms with E-state index in [9.17, 15) is 23.1 Å². The largest absolute Gasteiger partial charge is 0.416 e.